The molecule has 2 heteroatoms. The summed E-state index contributed by atoms with van der Waals surface area (Å²) in [5, 5.41) is 0. The minimum Gasteiger partial charge on any atom is -0.326 e. The molecule has 0 radical (unpaired) electrons. The molecule has 1 aliphatic heterocycles. The van der Waals surface area contributed by atoms with Gasteiger partial charge in [0.1, 0.15) is 0 Å². The molecule has 2 nitrogen and oxygen atoms in total. The van der Waals surface area contributed by atoms with E-state index >= 15 is 0 Å². The molecule has 0 aromatic heterocycles. The largest absolute Gasteiger partial charge is 0.326 e. The van der Waals surface area contributed by atoms with Crippen LogP contribution in [0.5, 0.6) is 0 Å². The molecule has 1 saturated heterocycles. The van der Waals surface area contributed by atoms with Gasteiger partial charge in [0.05, 0.1) is 0 Å². The van der Waals surface area contributed by atoms with Gasteiger partial charge >= 0.3 is 0 Å². The third-order valence-corrected chi connectivity index (χ3v) is 3.09. The summed E-state index contributed by atoms with van der Waals surface area (Å²) >= 11 is 0. The summed E-state index contributed by atoms with van der Waals surface area (Å²) in [6.45, 7) is 3.68. The van der Waals surface area contributed by atoms with E-state index in [-0.39, 0.29) is 0 Å². The van der Waals surface area contributed by atoms with Gasteiger partial charge < -0.3 is 10.6 Å². The Hall–Kier alpha value is -0.0800. The summed E-state index contributed by atoms with van der Waals surface area (Å²) in [5.41, 5.74) is 5.83. The van der Waals surface area contributed by atoms with Crippen molar-refractivity contribution in [3.05, 3.63) is 0 Å². The number of rotatable bonds is 4. The fourth-order valence-corrected chi connectivity index (χ4v) is 2.08. The van der Waals surface area contributed by atoms with Gasteiger partial charge in [0, 0.05) is 12.6 Å². The highest BCUT2D eigenvalue weighted by Crippen LogP contribution is 2.33. The average Bonchev–Trinajstić information content (AvgIpc) is 2.76. The Bertz CT molecular complexity index is 143. The van der Waals surface area contributed by atoms with E-state index < -0.39 is 0 Å². The van der Waals surface area contributed by atoms with Crippen LogP contribution in [0.1, 0.15) is 32.1 Å². The molecule has 1 atom stereocenters. The average molecular weight is 168 g/mol. The van der Waals surface area contributed by atoms with Crippen molar-refractivity contribution in [2.24, 2.45) is 11.7 Å². The maximum Gasteiger partial charge on any atom is 0.0180 e. The van der Waals surface area contributed by atoms with Crippen molar-refractivity contribution in [3.63, 3.8) is 0 Å². The Morgan fingerprint density at radius 1 is 1.25 bits per heavy atom. The standard InChI is InChI=1S/C10H20N2/c11-10-5-7-12(8-10)6-1-2-9-3-4-9/h9-10H,1-8,11H2. The first kappa shape index (κ1) is 8.52. The SMILES string of the molecule is NC1CCN(CCCC2CC2)C1. The van der Waals surface area contributed by atoms with E-state index in [0.29, 0.717) is 6.04 Å². The lowest BCUT2D eigenvalue weighted by molar-refractivity contribution is 0.323. The maximum absolute atomic E-state index is 5.83. The van der Waals surface area contributed by atoms with Crippen molar-refractivity contribution in [1.29, 1.82) is 0 Å². The fraction of sp³-hybridized carbons (Fsp3) is 1.00. The molecule has 2 aliphatic rings. The first-order chi connectivity index (χ1) is 5.84. The molecule has 2 N–H and O–H groups in total. The second-order valence-corrected chi connectivity index (χ2v) is 4.43. The first-order valence-corrected chi connectivity index (χ1v) is 5.32. The highest BCUT2D eigenvalue weighted by molar-refractivity contribution is 4.79. The monoisotopic (exact) mass is 168 g/mol. The summed E-state index contributed by atoms with van der Waals surface area (Å²) in [4.78, 5) is 2.52. The Morgan fingerprint density at radius 2 is 2.08 bits per heavy atom. The first-order valence-electron chi connectivity index (χ1n) is 5.32. The van der Waals surface area contributed by atoms with Crippen LogP contribution in [-0.4, -0.2) is 30.6 Å². The van der Waals surface area contributed by atoms with Crippen molar-refractivity contribution in [2.45, 2.75) is 38.1 Å². The topological polar surface area (TPSA) is 29.3 Å². The lowest BCUT2D eigenvalue weighted by Gasteiger charge is -2.14. The Kier molecular flexibility index (Phi) is 2.66. The second kappa shape index (κ2) is 3.75. The van der Waals surface area contributed by atoms with Crippen molar-refractivity contribution in [3.8, 4) is 0 Å². The number of likely N-dealkylation sites (tertiary alicyclic amines) is 1. The normalized spacial score (nSPS) is 31.2. The van der Waals surface area contributed by atoms with Gasteiger partial charge in [-0.05, 0) is 38.3 Å². The molecule has 1 heterocycles. The van der Waals surface area contributed by atoms with E-state index in [1.165, 1.54) is 45.2 Å². The molecule has 0 spiro atoms. The van der Waals surface area contributed by atoms with Crippen LogP contribution in [0.4, 0.5) is 0 Å². The molecule has 2 fully saturated rings. The van der Waals surface area contributed by atoms with E-state index in [9.17, 15) is 0 Å². The Morgan fingerprint density at radius 3 is 2.67 bits per heavy atom. The van der Waals surface area contributed by atoms with Crippen LogP contribution in [0.2, 0.25) is 0 Å². The minimum atomic E-state index is 0.464. The zero-order valence-electron chi connectivity index (χ0n) is 7.84. The highest BCUT2D eigenvalue weighted by Gasteiger charge is 2.22. The summed E-state index contributed by atoms with van der Waals surface area (Å²) in [5.74, 6) is 1.10. The molecular weight excluding hydrogens is 148 g/mol. The molecule has 0 amide bonds. The number of nitrogens with two attached hydrogens (primary N) is 1. The van der Waals surface area contributed by atoms with Crippen molar-refractivity contribution < 1.29 is 0 Å². The lowest BCUT2D eigenvalue weighted by atomic mass is 10.2. The Labute approximate surface area is 75.1 Å². The van der Waals surface area contributed by atoms with E-state index in [1.54, 1.807) is 0 Å². The molecule has 0 aromatic rings. The zero-order valence-corrected chi connectivity index (χ0v) is 7.84. The van der Waals surface area contributed by atoms with Crippen LogP contribution in [0.25, 0.3) is 0 Å². The van der Waals surface area contributed by atoms with Gasteiger partial charge in [-0.1, -0.05) is 12.8 Å². The number of hydrogen-bond acceptors (Lipinski definition) is 2. The van der Waals surface area contributed by atoms with Crippen LogP contribution in [-0.2, 0) is 0 Å². The van der Waals surface area contributed by atoms with Gasteiger partial charge in [0.15, 0.2) is 0 Å². The molecule has 1 aliphatic carbocycles. The van der Waals surface area contributed by atoms with E-state index in [4.69, 9.17) is 5.73 Å². The van der Waals surface area contributed by atoms with Crippen LogP contribution in [0.3, 0.4) is 0 Å². The smallest absolute Gasteiger partial charge is 0.0180 e. The lowest BCUT2D eigenvalue weighted by Crippen LogP contribution is -2.27. The van der Waals surface area contributed by atoms with Gasteiger partial charge in [0.25, 0.3) is 0 Å². The third kappa shape index (κ3) is 2.46. The Balaban J connectivity index is 1.54. The zero-order chi connectivity index (χ0) is 8.39. The van der Waals surface area contributed by atoms with Crippen LogP contribution in [0.15, 0.2) is 0 Å². The van der Waals surface area contributed by atoms with Crippen LogP contribution < -0.4 is 5.73 Å². The van der Waals surface area contributed by atoms with E-state index in [1.807, 2.05) is 0 Å². The summed E-state index contributed by atoms with van der Waals surface area (Å²) in [7, 11) is 0. The summed E-state index contributed by atoms with van der Waals surface area (Å²) in [6, 6.07) is 0.464. The summed E-state index contributed by atoms with van der Waals surface area (Å²) < 4.78 is 0. The van der Waals surface area contributed by atoms with E-state index in [0.717, 1.165) is 12.5 Å². The maximum atomic E-state index is 5.83. The number of nitrogens with zero attached hydrogens (tertiary/aromatic N) is 1. The third-order valence-electron chi connectivity index (χ3n) is 3.09. The van der Waals surface area contributed by atoms with Gasteiger partial charge in [0.2, 0.25) is 0 Å². The quantitative estimate of drug-likeness (QED) is 0.683. The van der Waals surface area contributed by atoms with E-state index in [2.05, 4.69) is 4.90 Å². The van der Waals surface area contributed by atoms with Crippen LogP contribution >= 0.6 is 0 Å². The number of hydrogen-bond donors (Lipinski definition) is 1. The van der Waals surface area contributed by atoms with Crippen LogP contribution in [0, 0.1) is 5.92 Å². The van der Waals surface area contributed by atoms with Crippen molar-refractivity contribution >= 4 is 0 Å². The van der Waals surface area contributed by atoms with Crippen molar-refractivity contribution in [1.82, 2.24) is 4.90 Å². The molecule has 0 bridgehead atoms. The summed E-state index contributed by atoms with van der Waals surface area (Å²) in [6.07, 6.45) is 7.07. The predicted octanol–water partition coefficient (Wildman–Crippen LogP) is 1.21. The highest BCUT2D eigenvalue weighted by atomic mass is 15.2. The van der Waals surface area contributed by atoms with Gasteiger partial charge in [-0.2, -0.15) is 0 Å². The van der Waals surface area contributed by atoms with Gasteiger partial charge in [-0.15, -0.1) is 0 Å². The molecular formula is C10H20N2. The predicted molar refractivity (Wildman–Crippen MR) is 51.0 cm³/mol. The fourth-order valence-electron chi connectivity index (χ4n) is 2.08. The molecule has 2 rings (SSSR count). The van der Waals surface area contributed by atoms with Crippen molar-refractivity contribution in [2.75, 3.05) is 19.6 Å². The van der Waals surface area contributed by atoms with Gasteiger partial charge in [-0.25, -0.2) is 0 Å². The molecule has 1 saturated carbocycles. The molecule has 12 heavy (non-hydrogen) atoms. The molecule has 1 unspecified atom stereocenters. The minimum absolute atomic E-state index is 0.464. The molecule has 0 aromatic carbocycles. The molecule has 70 valence electrons. The van der Waals surface area contributed by atoms with Gasteiger partial charge in [-0.3, -0.25) is 0 Å². The second-order valence-electron chi connectivity index (χ2n) is 4.43.